The minimum atomic E-state index is 0.735. The first-order chi connectivity index (χ1) is 10.7. The van der Waals surface area contributed by atoms with Gasteiger partial charge in [-0.15, -0.1) is 0 Å². The molecular formula is C18H18N4. The minimum absolute atomic E-state index is 0.735. The number of anilines is 3. The van der Waals surface area contributed by atoms with Crippen LogP contribution in [0.4, 0.5) is 17.2 Å². The summed E-state index contributed by atoms with van der Waals surface area (Å²) in [6.07, 6.45) is 3.51. The smallest absolute Gasteiger partial charge is 0.149 e. The molecule has 1 heterocycles. The molecule has 2 aromatic carbocycles. The lowest BCUT2D eigenvalue weighted by Gasteiger charge is -2.13. The molecule has 1 N–H and O–H groups in total. The average molecular weight is 290 g/mol. The molecule has 0 aliphatic heterocycles. The lowest BCUT2D eigenvalue weighted by atomic mass is 10.1. The van der Waals surface area contributed by atoms with Crippen molar-refractivity contribution in [2.24, 2.45) is 0 Å². The molecule has 0 aliphatic carbocycles. The summed E-state index contributed by atoms with van der Waals surface area (Å²) in [7, 11) is 4.05. The Balaban J connectivity index is 1.89. The van der Waals surface area contributed by atoms with E-state index in [-0.39, 0.29) is 0 Å². The normalized spacial score (nSPS) is 10.3. The fourth-order valence-corrected chi connectivity index (χ4v) is 2.18. The Morgan fingerprint density at radius 3 is 2.50 bits per heavy atom. The minimum Gasteiger partial charge on any atom is -0.378 e. The molecule has 3 rings (SSSR count). The largest absolute Gasteiger partial charge is 0.378 e. The van der Waals surface area contributed by atoms with Gasteiger partial charge in [-0.3, -0.25) is 4.98 Å². The van der Waals surface area contributed by atoms with Crippen molar-refractivity contribution in [2.75, 3.05) is 24.3 Å². The second-order valence-electron chi connectivity index (χ2n) is 5.23. The quantitative estimate of drug-likeness (QED) is 0.790. The molecule has 4 nitrogen and oxygen atoms in total. The summed E-state index contributed by atoms with van der Waals surface area (Å²) in [5, 5.41) is 3.27. The lowest BCUT2D eigenvalue weighted by Crippen LogP contribution is -2.08. The fraction of sp³-hybridized carbons (Fsp3) is 0.111. The number of para-hydroxylation sites is 1. The number of aromatic nitrogens is 2. The predicted octanol–water partition coefficient (Wildman–Crippen LogP) is 3.95. The molecule has 0 spiro atoms. The highest BCUT2D eigenvalue weighted by Crippen LogP contribution is 2.23. The van der Waals surface area contributed by atoms with Gasteiger partial charge in [0.1, 0.15) is 5.82 Å². The second kappa shape index (κ2) is 6.26. The third kappa shape index (κ3) is 3.23. The van der Waals surface area contributed by atoms with E-state index in [1.807, 2.05) is 56.6 Å². The Bertz CT molecular complexity index is 754. The Morgan fingerprint density at radius 2 is 1.73 bits per heavy atom. The molecule has 4 heteroatoms. The van der Waals surface area contributed by atoms with Gasteiger partial charge >= 0.3 is 0 Å². The van der Waals surface area contributed by atoms with E-state index in [0.29, 0.717) is 0 Å². The van der Waals surface area contributed by atoms with Crippen molar-refractivity contribution in [3.8, 4) is 11.3 Å². The van der Waals surface area contributed by atoms with Crippen molar-refractivity contribution in [2.45, 2.75) is 0 Å². The first kappa shape index (κ1) is 14.1. The highest BCUT2D eigenvalue weighted by atomic mass is 15.1. The van der Waals surface area contributed by atoms with Crippen LogP contribution in [0.3, 0.4) is 0 Å². The van der Waals surface area contributed by atoms with Gasteiger partial charge in [-0.05, 0) is 24.3 Å². The predicted molar refractivity (Wildman–Crippen MR) is 91.5 cm³/mol. The first-order valence-corrected chi connectivity index (χ1v) is 7.14. The zero-order valence-electron chi connectivity index (χ0n) is 12.7. The van der Waals surface area contributed by atoms with Crippen LogP contribution < -0.4 is 10.2 Å². The summed E-state index contributed by atoms with van der Waals surface area (Å²) < 4.78 is 0. The molecule has 3 aromatic rings. The van der Waals surface area contributed by atoms with Crippen LogP contribution in [0.15, 0.2) is 67.0 Å². The maximum Gasteiger partial charge on any atom is 0.149 e. The van der Waals surface area contributed by atoms with Gasteiger partial charge in [0.2, 0.25) is 0 Å². The van der Waals surface area contributed by atoms with Gasteiger partial charge in [-0.2, -0.15) is 0 Å². The number of benzene rings is 2. The number of rotatable bonds is 4. The molecule has 0 aliphatic rings. The number of nitrogens with one attached hydrogen (secondary N) is 1. The molecule has 0 fully saturated rings. The second-order valence-corrected chi connectivity index (χ2v) is 5.23. The van der Waals surface area contributed by atoms with Crippen LogP contribution in [0.1, 0.15) is 0 Å². The van der Waals surface area contributed by atoms with Crippen molar-refractivity contribution in [1.29, 1.82) is 0 Å². The number of nitrogens with zero attached hydrogens (tertiary/aromatic N) is 3. The molecule has 110 valence electrons. The summed E-state index contributed by atoms with van der Waals surface area (Å²) in [6.45, 7) is 0. The monoisotopic (exact) mass is 290 g/mol. The van der Waals surface area contributed by atoms with Gasteiger partial charge in [0.25, 0.3) is 0 Å². The molecule has 0 amide bonds. The topological polar surface area (TPSA) is 41.1 Å². The van der Waals surface area contributed by atoms with Crippen LogP contribution in [-0.4, -0.2) is 24.1 Å². The van der Waals surface area contributed by atoms with Crippen molar-refractivity contribution in [1.82, 2.24) is 9.97 Å². The Kier molecular flexibility index (Phi) is 4.01. The van der Waals surface area contributed by atoms with E-state index >= 15 is 0 Å². The summed E-state index contributed by atoms with van der Waals surface area (Å²) in [6, 6.07) is 18.2. The number of hydrogen-bond donors (Lipinski definition) is 1. The Hall–Kier alpha value is -2.88. The van der Waals surface area contributed by atoms with Crippen LogP contribution >= 0.6 is 0 Å². The highest BCUT2D eigenvalue weighted by molar-refractivity contribution is 5.67. The Morgan fingerprint density at radius 1 is 0.909 bits per heavy atom. The van der Waals surface area contributed by atoms with E-state index < -0.39 is 0 Å². The molecule has 0 atom stereocenters. The summed E-state index contributed by atoms with van der Waals surface area (Å²) in [5.41, 5.74) is 4.04. The summed E-state index contributed by atoms with van der Waals surface area (Å²) in [4.78, 5) is 11.0. The van der Waals surface area contributed by atoms with Crippen molar-refractivity contribution >= 4 is 17.2 Å². The van der Waals surface area contributed by atoms with E-state index in [1.54, 1.807) is 12.4 Å². The molecular weight excluding hydrogens is 272 g/mol. The van der Waals surface area contributed by atoms with Crippen LogP contribution in [0, 0.1) is 0 Å². The molecule has 0 saturated heterocycles. The van der Waals surface area contributed by atoms with Crippen LogP contribution in [0.5, 0.6) is 0 Å². The molecule has 0 radical (unpaired) electrons. The van der Waals surface area contributed by atoms with Crippen LogP contribution in [0.2, 0.25) is 0 Å². The third-order valence-corrected chi connectivity index (χ3v) is 3.34. The van der Waals surface area contributed by atoms with Gasteiger partial charge in [0.05, 0.1) is 18.1 Å². The van der Waals surface area contributed by atoms with Gasteiger partial charge in [-0.25, -0.2) is 4.98 Å². The molecule has 0 unspecified atom stereocenters. The molecule has 22 heavy (non-hydrogen) atoms. The fourth-order valence-electron chi connectivity index (χ4n) is 2.18. The van der Waals surface area contributed by atoms with Gasteiger partial charge in [0.15, 0.2) is 0 Å². The SMILES string of the molecule is CN(C)c1cccc(-c2cncc(Nc3ccccc3)n2)c1. The van der Waals surface area contributed by atoms with Crippen molar-refractivity contribution in [3.63, 3.8) is 0 Å². The summed E-state index contributed by atoms with van der Waals surface area (Å²) in [5.74, 6) is 0.735. The van der Waals surface area contributed by atoms with E-state index in [2.05, 4.69) is 32.3 Å². The standard InChI is InChI=1S/C18H18N4/c1-22(2)16-10-6-7-14(11-16)17-12-19-13-18(21-17)20-15-8-4-3-5-9-15/h3-13H,1-2H3,(H,20,21). The van der Waals surface area contributed by atoms with Crippen molar-refractivity contribution in [3.05, 3.63) is 67.0 Å². The molecule has 0 bridgehead atoms. The number of hydrogen-bond acceptors (Lipinski definition) is 4. The maximum atomic E-state index is 4.65. The van der Waals surface area contributed by atoms with Crippen LogP contribution in [-0.2, 0) is 0 Å². The van der Waals surface area contributed by atoms with Gasteiger partial charge in [0, 0.05) is 31.0 Å². The lowest BCUT2D eigenvalue weighted by molar-refractivity contribution is 1.13. The zero-order valence-corrected chi connectivity index (χ0v) is 12.7. The zero-order chi connectivity index (χ0) is 15.4. The Labute approximate surface area is 130 Å². The molecule has 0 saturated carbocycles. The van der Waals surface area contributed by atoms with E-state index in [9.17, 15) is 0 Å². The van der Waals surface area contributed by atoms with E-state index in [0.717, 1.165) is 28.5 Å². The molecule has 1 aromatic heterocycles. The van der Waals surface area contributed by atoms with E-state index in [4.69, 9.17) is 0 Å². The highest BCUT2D eigenvalue weighted by Gasteiger charge is 2.04. The third-order valence-electron chi connectivity index (χ3n) is 3.34. The maximum absolute atomic E-state index is 4.65. The van der Waals surface area contributed by atoms with Gasteiger partial charge < -0.3 is 10.2 Å². The average Bonchev–Trinajstić information content (AvgIpc) is 2.56. The van der Waals surface area contributed by atoms with Crippen LogP contribution in [0.25, 0.3) is 11.3 Å². The van der Waals surface area contributed by atoms with E-state index in [1.165, 1.54) is 0 Å². The summed E-state index contributed by atoms with van der Waals surface area (Å²) >= 11 is 0. The first-order valence-electron chi connectivity index (χ1n) is 7.14. The van der Waals surface area contributed by atoms with Crippen molar-refractivity contribution < 1.29 is 0 Å². The van der Waals surface area contributed by atoms with Gasteiger partial charge in [-0.1, -0.05) is 30.3 Å².